The zero-order valence-corrected chi connectivity index (χ0v) is 11.9. The Hall–Kier alpha value is -0.160. The molecule has 0 aromatic rings. The number of hydrogen-bond acceptors (Lipinski definition) is 4. The smallest absolute Gasteiger partial charge is 0.0593 e. The minimum atomic E-state index is 0.847. The number of likely N-dealkylation sites (tertiary alicyclic amines) is 1. The second-order valence-electron chi connectivity index (χ2n) is 5.53. The molecule has 0 atom stereocenters. The quantitative estimate of drug-likeness (QED) is 0.705. The van der Waals surface area contributed by atoms with Crippen molar-refractivity contribution in [3.63, 3.8) is 0 Å². The molecule has 4 heteroatoms. The molecular formula is C14H29N3O. The van der Waals surface area contributed by atoms with Crippen LogP contribution in [0.25, 0.3) is 0 Å². The molecule has 4 nitrogen and oxygen atoms in total. The van der Waals surface area contributed by atoms with E-state index in [0.29, 0.717) is 0 Å². The Kier molecular flexibility index (Phi) is 6.41. The van der Waals surface area contributed by atoms with Gasteiger partial charge in [-0.1, -0.05) is 0 Å². The van der Waals surface area contributed by atoms with Crippen LogP contribution in [-0.2, 0) is 4.74 Å². The molecular weight excluding hydrogens is 226 g/mol. The van der Waals surface area contributed by atoms with Crippen LogP contribution in [0.1, 0.15) is 19.8 Å². The maximum atomic E-state index is 5.43. The van der Waals surface area contributed by atoms with E-state index in [-0.39, 0.29) is 0 Å². The normalized spacial score (nSPS) is 24.5. The van der Waals surface area contributed by atoms with E-state index >= 15 is 0 Å². The van der Waals surface area contributed by atoms with E-state index in [0.717, 1.165) is 25.7 Å². The molecule has 0 aliphatic carbocycles. The van der Waals surface area contributed by atoms with Gasteiger partial charge in [0.1, 0.15) is 0 Å². The zero-order valence-electron chi connectivity index (χ0n) is 11.9. The lowest BCUT2D eigenvalue weighted by Crippen LogP contribution is -2.47. The highest BCUT2D eigenvalue weighted by Gasteiger charge is 2.21. The van der Waals surface area contributed by atoms with Crippen LogP contribution in [-0.4, -0.2) is 75.4 Å². The third-order valence-corrected chi connectivity index (χ3v) is 4.19. The highest BCUT2D eigenvalue weighted by molar-refractivity contribution is 4.77. The minimum Gasteiger partial charge on any atom is -0.380 e. The van der Waals surface area contributed by atoms with E-state index in [1.165, 1.54) is 58.7 Å². The molecule has 0 radical (unpaired) electrons. The van der Waals surface area contributed by atoms with Crippen LogP contribution in [0, 0.1) is 5.92 Å². The summed E-state index contributed by atoms with van der Waals surface area (Å²) in [5.41, 5.74) is 0. The van der Waals surface area contributed by atoms with E-state index < -0.39 is 0 Å². The van der Waals surface area contributed by atoms with Crippen molar-refractivity contribution in [3.05, 3.63) is 0 Å². The molecule has 0 spiro atoms. The van der Waals surface area contributed by atoms with Crippen LogP contribution in [0.2, 0.25) is 0 Å². The van der Waals surface area contributed by atoms with E-state index in [4.69, 9.17) is 4.74 Å². The summed E-state index contributed by atoms with van der Waals surface area (Å²) in [6.07, 6.45) is 2.74. The number of nitrogens with one attached hydrogen (secondary N) is 1. The van der Waals surface area contributed by atoms with Crippen molar-refractivity contribution in [2.24, 2.45) is 5.92 Å². The molecule has 1 N–H and O–H groups in total. The van der Waals surface area contributed by atoms with E-state index in [9.17, 15) is 0 Å². The average molecular weight is 255 g/mol. The average Bonchev–Trinajstić information content (AvgIpc) is 2.42. The Morgan fingerprint density at radius 1 is 1.06 bits per heavy atom. The molecule has 0 unspecified atom stereocenters. The highest BCUT2D eigenvalue weighted by atomic mass is 16.5. The van der Waals surface area contributed by atoms with Gasteiger partial charge in [0, 0.05) is 45.9 Å². The summed E-state index contributed by atoms with van der Waals surface area (Å²) in [7, 11) is 0. The van der Waals surface area contributed by atoms with E-state index in [1.54, 1.807) is 0 Å². The molecule has 18 heavy (non-hydrogen) atoms. The van der Waals surface area contributed by atoms with Crippen LogP contribution < -0.4 is 5.32 Å². The van der Waals surface area contributed by atoms with Gasteiger partial charge in [0.25, 0.3) is 0 Å². The van der Waals surface area contributed by atoms with Crippen molar-refractivity contribution in [1.82, 2.24) is 15.1 Å². The summed E-state index contributed by atoms with van der Waals surface area (Å²) in [5, 5.41) is 3.42. The first-order valence-corrected chi connectivity index (χ1v) is 7.61. The first-order chi connectivity index (χ1) is 8.88. The molecule has 2 aliphatic heterocycles. The van der Waals surface area contributed by atoms with Gasteiger partial charge in [-0.25, -0.2) is 0 Å². The number of piperidine rings is 1. The van der Waals surface area contributed by atoms with Gasteiger partial charge in [-0.15, -0.1) is 0 Å². The van der Waals surface area contributed by atoms with Gasteiger partial charge in [-0.2, -0.15) is 0 Å². The minimum absolute atomic E-state index is 0.847. The van der Waals surface area contributed by atoms with Gasteiger partial charge in [0.05, 0.1) is 6.61 Å². The predicted octanol–water partition coefficient (Wildman–Crippen LogP) is 0.640. The van der Waals surface area contributed by atoms with Gasteiger partial charge in [0.15, 0.2) is 0 Å². The van der Waals surface area contributed by atoms with E-state index in [1.807, 2.05) is 0 Å². The van der Waals surface area contributed by atoms with Gasteiger partial charge in [0.2, 0.25) is 0 Å². The van der Waals surface area contributed by atoms with Crippen molar-refractivity contribution >= 4 is 0 Å². The van der Waals surface area contributed by atoms with Crippen molar-refractivity contribution < 1.29 is 4.74 Å². The van der Waals surface area contributed by atoms with E-state index in [2.05, 4.69) is 22.0 Å². The Morgan fingerprint density at radius 2 is 1.78 bits per heavy atom. The van der Waals surface area contributed by atoms with Crippen molar-refractivity contribution in [1.29, 1.82) is 0 Å². The van der Waals surface area contributed by atoms with Crippen molar-refractivity contribution in [2.75, 3.05) is 65.6 Å². The summed E-state index contributed by atoms with van der Waals surface area (Å²) < 4.78 is 5.43. The Balaban J connectivity index is 1.57. The summed E-state index contributed by atoms with van der Waals surface area (Å²) in [4.78, 5) is 5.20. The van der Waals surface area contributed by atoms with Crippen LogP contribution in [0.5, 0.6) is 0 Å². The standard InChI is InChI=1S/C14H29N3O/c1-2-18-12-11-16-7-3-14(4-8-16)13-17-9-5-15-6-10-17/h14-15H,2-13H2,1H3. The molecule has 2 heterocycles. The topological polar surface area (TPSA) is 27.7 Å². The monoisotopic (exact) mass is 255 g/mol. The van der Waals surface area contributed by atoms with Gasteiger partial charge in [-0.05, 0) is 38.8 Å². The molecule has 0 aromatic heterocycles. The highest BCUT2D eigenvalue weighted by Crippen LogP contribution is 2.18. The Bertz CT molecular complexity index is 211. The number of ether oxygens (including phenoxy) is 1. The van der Waals surface area contributed by atoms with Crippen LogP contribution in [0.3, 0.4) is 0 Å². The third kappa shape index (κ3) is 4.84. The number of hydrogen-bond donors (Lipinski definition) is 1. The second-order valence-corrected chi connectivity index (χ2v) is 5.53. The lowest BCUT2D eigenvalue weighted by atomic mass is 9.96. The molecule has 2 rings (SSSR count). The number of nitrogens with zero attached hydrogens (tertiary/aromatic N) is 2. The maximum Gasteiger partial charge on any atom is 0.0593 e. The Labute approximate surface area is 112 Å². The van der Waals surface area contributed by atoms with Gasteiger partial charge < -0.3 is 19.9 Å². The fraction of sp³-hybridized carbons (Fsp3) is 1.00. The number of piperazine rings is 1. The molecule has 2 saturated heterocycles. The van der Waals surface area contributed by atoms with Crippen LogP contribution in [0.15, 0.2) is 0 Å². The Morgan fingerprint density at radius 3 is 2.44 bits per heavy atom. The van der Waals surface area contributed by atoms with Crippen LogP contribution >= 0.6 is 0 Å². The predicted molar refractivity (Wildman–Crippen MR) is 75.0 cm³/mol. The molecule has 106 valence electrons. The lowest BCUT2D eigenvalue weighted by molar-refractivity contribution is 0.0867. The van der Waals surface area contributed by atoms with Gasteiger partial charge >= 0.3 is 0 Å². The first-order valence-electron chi connectivity index (χ1n) is 7.61. The molecule has 0 amide bonds. The first kappa shape index (κ1) is 14.3. The SMILES string of the molecule is CCOCCN1CCC(CN2CCNCC2)CC1. The molecule has 0 saturated carbocycles. The fourth-order valence-corrected chi connectivity index (χ4v) is 2.99. The molecule has 2 fully saturated rings. The summed E-state index contributed by atoms with van der Waals surface area (Å²) in [6, 6.07) is 0. The van der Waals surface area contributed by atoms with Crippen molar-refractivity contribution in [3.8, 4) is 0 Å². The number of rotatable bonds is 6. The van der Waals surface area contributed by atoms with Crippen molar-refractivity contribution in [2.45, 2.75) is 19.8 Å². The third-order valence-electron chi connectivity index (χ3n) is 4.19. The zero-order chi connectivity index (χ0) is 12.6. The van der Waals surface area contributed by atoms with Crippen LogP contribution in [0.4, 0.5) is 0 Å². The fourth-order valence-electron chi connectivity index (χ4n) is 2.99. The summed E-state index contributed by atoms with van der Waals surface area (Å²) in [5.74, 6) is 0.923. The second kappa shape index (κ2) is 8.10. The largest absolute Gasteiger partial charge is 0.380 e. The molecule has 0 aromatic carbocycles. The molecule has 2 aliphatic rings. The molecule has 0 bridgehead atoms. The lowest BCUT2D eigenvalue weighted by Gasteiger charge is -2.36. The van der Waals surface area contributed by atoms with Gasteiger partial charge in [-0.3, -0.25) is 0 Å². The summed E-state index contributed by atoms with van der Waals surface area (Å²) in [6.45, 7) is 13.6. The maximum absolute atomic E-state index is 5.43. The summed E-state index contributed by atoms with van der Waals surface area (Å²) >= 11 is 0.